The first-order valence-electron chi connectivity index (χ1n) is 8.41. The number of benzene rings is 2. The number of hydrogen-bond donors (Lipinski definition) is 1. The molecule has 0 spiro atoms. The van der Waals surface area contributed by atoms with E-state index in [-0.39, 0.29) is 23.1 Å². The van der Waals surface area contributed by atoms with Crippen LogP contribution in [-0.4, -0.2) is 28.1 Å². The summed E-state index contributed by atoms with van der Waals surface area (Å²) in [5.74, 6) is -0.224. The molecule has 8 heteroatoms. The monoisotopic (exact) mass is 386 g/mol. The van der Waals surface area contributed by atoms with Gasteiger partial charge in [0, 0.05) is 13.6 Å². The van der Waals surface area contributed by atoms with Crippen molar-refractivity contribution in [1.82, 2.24) is 15.1 Å². The average molecular weight is 386 g/mol. The van der Waals surface area contributed by atoms with E-state index >= 15 is 0 Å². The first-order chi connectivity index (χ1) is 13.3. The van der Waals surface area contributed by atoms with Crippen LogP contribution in [0.1, 0.15) is 21.6 Å². The van der Waals surface area contributed by atoms with Gasteiger partial charge in [-0.1, -0.05) is 42.5 Å². The molecule has 0 radical (unpaired) electrons. The van der Waals surface area contributed by atoms with Crippen LogP contribution in [0.2, 0.25) is 0 Å². The highest BCUT2D eigenvalue weighted by Gasteiger charge is 2.33. The van der Waals surface area contributed by atoms with Gasteiger partial charge >= 0.3 is 6.18 Å². The molecule has 1 aromatic heterocycles. The fourth-order valence-corrected chi connectivity index (χ4v) is 2.61. The predicted octanol–water partition coefficient (Wildman–Crippen LogP) is 4.51. The minimum Gasteiger partial charge on any atom is -0.338 e. The van der Waals surface area contributed by atoms with E-state index in [9.17, 15) is 18.0 Å². The van der Waals surface area contributed by atoms with Gasteiger partial charge in [-0.05, 0) is 29.8 Å². The van der Waals surface area contributed by atoms with Crippen LogP contribution in [0.25, 0.3) is 0 Å². The smallest absolute Gasteiger partial charge is 0.338 e. The molecule has 0 aliphatic rings. The van der Waals surface area contributed by atoms with E-state index < -0.39 is 11.7 Å². The SMILES string of the molecule is CN(Cc1ccccc1)C(=O)c1ccc(Nc2ccccc2C(F)(F)F)nn1. The number of carbonyl (C=O) groups excluding carboxylic acids is 1. The van der Waals surface area contributed by atoms with Gasteiger partial charge in [0.25, 0.3) is 5.91 Å². The average Bonchev–Trinajstić information content (AvgIpc) is 2.68. The number of halogens is 3. The van der Waals surface area contributed by atoms with Crippen LogP contribution in [-0.2, 0) is 12.7 Å². The Kier molecular flexibility index (Phi) is 5.58. The third kappa shape index (κ3) is 4.64. The Morgan fingerprint density at radius 1 is 0.964 bits per heavy atom. The Labute approximate surface area is 159 Å². The second-order valence-corrected chi connectivity index (χ2v) is 6.12. The molecule has 3 aromatic rings. The molecule has 144 valence electrons. The molecule has 0 bridgehead atoms. The van der Waals surface area contributed by atoms with Crippen molar-refractivity contribution in [2.75, 3.05) is 12.4 Å². The third-order valence-corrected chi connectivity index (χ3v) is 3.99. The molecule has 0 atom stereocenters. The van der Waals surface area contributed by atoms with Gasteiger partial charge in [-0.2, -0.15) is 13.2 Å². The number of hydrogen-bond acceptors (Lipinski definition) is 4. The number of aromatic nitrogens is 2. The second kappa shape index (κ2) is 8.08. The number of para-hydroxylation sites is 1. The number of amides is 1. The highest BCUT2D eigenvalue weighted by molar-refractivity contribution is 5.92. The highest BCUT2D eigenvalue weighted by Crippen LogP contribution is 2.35. The van der Waals surface area contributed by atoms with Crippen LogP contribution in [0.15, 0.2) is 66.7 Å². The number of alkyl halides is 3. The molecule has 0 unspecified atom stereocenters. The molecule has 28 heavy (non-hydrogen) atoms. The summed E-state index contributed by atoms with van der Waals surface area (Å²) in [7, 11) is 1.64. The van der Waals surface area contributed by atoms with E-state index in [1.165, 1.54) is 35.2 Å². The van der Waals surface area contributed by atoms with Crippen molar-refractivity contribution in [3.63, 3.8) is 0 Å². The minimum absolute atomic E-state index is 0.105. The number of nitrogens with zero attached hydrogens (tertiary/aromatic N) is 3. The molecule has 2 aromatic carbocycles. The van der Waals surface area contributed by atoms with Gasteiger partial charge in [-0.25, -0.2) is 0 Å². The zero-order chi connectivity index (χ0) is 20.1. The van der Waals surface area contributed by atoms with Crippen molar-refractivity contribution < 1.29 is 18.0 Å². The lowest BCUT2D eigenvalue weighted by atomic mass is 10.1. The van der Waals surface area contributed by atoms with Crippen LogP contribution >= 0.6 is 0 Å². The summed E-state index contributed by atoms with van der Waals surface area (Å²) >= 11 is 0. The van der Waals surface area contributed by atoms with Gasteiger partial charge in [0.1, 0.15) is 0 Å². The molecule has 1 N–H and O–H groups in total. The first-order valence-corrected chi connectivity index (χ1v) is 8.41. The van der Waals surface area contributed by atoms with E-state index in [2.05, 4.69) is 15.5 Å². The summed E-state index contributed by atoms with van der Waals surface area (Å²) in [5, 5.41) is 10.3. The van der Waals surface area contributed by atoms with Crippen LogP contribution in [0, 0.1) is 0 Å². The largest absolute Gasteiger partial charge is 0.418 e. The molecule has 3 rings (SSSR count). The number of rotatable bonds is 5. The van der Waals surface area contributed by atoms with Crippen molar-refractivity contribution in [2.45, 2.75) is 12.7 Å². The summed E-state index contributed by atoms with van der Waals surface area (Å²) in [5.41, 5.74) is 0.130. The van der Waals surface area contributed by atoms with Gasteiger partial charge < -0.3 is 10.2 Å². The Morgan fingerprint density at radius 2 is 1.64 bits per heavy atom. The van der Waals surface area contributed by atoms with Crippen molar-refractivity contribution in [1.29, 1.82) is 0 Å². The molecule has 0 fully saturated rings. The van der Waals surface area contributed by atoms with Gasteiger partial charge in [-0.15, -0.1) is 10.2 Å². The van der Waals surface area contributed by atoms with E-state index in [4.69, 9.17) is 0 Å². The number of carbonyl (C=O) groups is 1. The number of anilines is 2. The van der Waals surface area contributed by atoms with Crippen LogP contribution in [0.3, 0.4) is 0 Å². The summed E-state index contributed by atoms with van der Waals surface area (Å²) in [6, 6.07) is 17.4. The van der Waals surface area contributed by atoms with E-state index in [0.29, 0.717) is 6.54 Å². The summed E-state index contributed by atoms with van der Waals surface area (Å²) in [4.78, 5) is 13.9. The number of nitrogens with one attached hydrogen (secondary N) is 1. The Balaban J connectivity index is 1.71. The predicted molar refractivity (Wildman–Crippen MR) is 99.0 cm³/mol. The summed E-state index contributed by atoms with van der Waals surface area (Å²) in [6.07, 6.45) is -4.49. The Hall–Kier alpha value is -3.42. The third-order valence-electron chi connectivity index (χ3n) is 3.99. The molecule has 0 aliphatic carbocycles. The van der Waals surface area contributed by atoms with Gasteiger partial charge in [0.15, 0.2) is 11.5 Å². The van der Waals surface area contributed by atoms with E-state index in [1.54, 1.807) is 7.05 Å². The standard InChI is InChI=1S/C20H17F3N4O/c1-27(13-14-7-3-2-4-8-14)19(28)17-11-12-18(26-25-17)24-16-10-6-5-9-15(16)20(21,22)23/h2-12H,13H2,1H3,(H,24,26). The quantitative estimate of drug-likeness (QED) is 0.701. The van der Waals surface area contributed by atoms with Crippen molar-refractivity contribution in [3.8, 4) is 0 Å². The van der Waals surface area contributed by atoms with Gasteiger partial charge in [0.2, 0.25) is 0 Å². The molecule has 5 nitrogen and oxygen atoms in total. The van der Waals surface area contributed by atoms with Gasteiger partial charge in [-0.3, -0.25) is 4.79 Å². The highest BCUT2D eigenvalue weighted by atomic mass is 19.4. The molecule has 1 heterocycles. The van der Waals surface area contributed by atoms with Crippen molar-refractivity contribution in [2.24, 2.45) is 0 Å². The normalized spacial score (nSPS) is 11.1. The Morgan fingerprint density at radius 3 is 2.29 bits per heavy atom. The lowest BCUT2D eigenvalue weighted by Gasteiger charge is -2.17. The van der Waals surface area contributed by atoms with Crippen molar-refractivity contribution in [3.05, 3.63) is 83.6 Å². The molecular formula is C20H17F3N4O. The molecule has 1 amide bonds. The second-order valence-electron chi connectivity index (χ2n) is 6.12. The lowest BCUT2D eigenvalue weighted by Crippen LogP contribution is -2.27. The maximum absolute atomic E-state index is 13.1. The molecule has 0 aliphatic heterocycles. The molecule has 0 saturated heterocycles. The van der Waals surface area contributed by atoms with Gasteiger partial charge in [0.05, 0.1) is 11.3 Å². The maximum Gasteiger partial charge on any atom is 0.418 e. The topological polar surface area (TPSA) is 58.1 Å². The summed E-state index contributed by atoms with van der Waals surface area (Å²) in [6.45, 7) is 0.403. The molecular weight excluding hydrogens is 369 g/mol. The fourth-order valence-electron chi connectivity index (χ4n) is 2.61. The Bertz CT molecular complexity index is 944. The fraction of sp³-hybridized carbons (Fsp3) is 0.150. The minimum atomic E-state index is -4.49. The van der Waals surface area contributed by atoms with Crippen molar-refractivity contribution >= 4 is 17.4 Å². The van der Waals surface area contributed by atoms with Crippen LogP contribution in [0.5, 0.6) is 0 Å². The first kappa shape index (κ1) is 19.3. The zero-order valence-corrected chi connectivity index (χ0v) is 14.9. The van der Waals surface area contributed by atoms with Crippen LogP contribution < -0.4 is 5.32 Å². The van der Waals surface area contributed by atoms with E-state index in [0.717, 1.165) is 11.6 Å². The molecule has 0 saturated carbocycles. The summed E-state index contributed by atoms with van der Waals surface area (Å²) < 4.78 is 39.2. The zero-order valence-electron chi connectivity index (χ0n) is 14.9. The van der Waals surface area contributed by atoms with E-state index in [1.807, 2.05) is 30.3 Å². The maximum atomic E-state index is 13.1. The van der Waals surface area contributed by atoms with Crippen LogP contribution in [0.4, 0.5) is 24.7 Å². The lowest BCUT2D eigenvalue weighted by molar-refractivity contribution is -0.136.